The normalized spacial score (nSPS) is 18.2. The van der Waals surface area contributed by atoms with E-state index in [9.17, 15) is 0 Å². The molecule has 8 heteroatoms. The Morgan fingerprint density at radius 1 is 1.21 bits per heavy atom. The lowest BCUT2D eigenvalue weighted by atomic mass is 9.85. The molecule has 1 saturated heterocycles. The molecule has 0 unspecified atom stereocenters. The number of hydrogen-bond acceptors (Lipinski definition) is 7. The van der Waals surface area contributed by atoms with Crippen LogP contribution in [0.3, 0.4) is 0 Å². The molecule has 4 heterocycles. The van der Waals surface area contributed by atoms with Gasteiger partial charge in [0.05, 0.1) is 12.7 Å². The Bertz CT molecular complexity index is 968. The van der Waals surface area contributed by atoms with Gasteiger partial charge in [-0.3, -0.25) is 4.90 Å². The quantitative estimate of drug-likeness (QED) is 0.650. The maximum absolute atomic E-state index is 5.84. The zero-order valence-corrected chi connectivity index (χ0v) is 16.7. The van der Waals surface area contributed by atoms with E-state index in [-0.39, 0.29) is 0 Å². The highest BCUT2D eigenvalue weighted by Crippen LogP contribution is 2.35. The monoisotopic (exact) mass is 381 g/mol. The minimum Gasteiger partial charge on any atom is -0.444 e. The van der Waals surface area contributed by atoms with Crippen LogP contribution < -0.4 is 4.90 Å². The molecule has 0 aromatic carbocycles. The summed E-state index contributed by atoms with van der Waals surface area (Å²) in [5.41, 5.74) is 0.838. The van der Waals surface area contributed by atoms with E-state index in [0.29, 0.717) is 17.9 Å². The van der Waals surface area contributed by atoms with Gasteiger partial charge in [0, 0.05) is 31.0 Å². The molecule has 5 rings (SSSR count). The summed E-state index contributed by atoms with van der Waals surface area (Å²) < 4.78 is 7.78. The minimum absolute atomic E-state index is 0.370. The molecule has 3 aromatic rings. The molecule has 8 nitrogen and oxygen atoms in total. The van der Waals surface area contributed by atoms with E-state index in [1.807, 2.05) is 22.8 Å². The van der Waals surface area contributed by atoms with Crippen LogP contribution in [-0.2, 0) is 6.54 Å². The summed E-state index contributed by atoms with van der Waals surface area (Å²) in [6, 6.07) is 4.54. The van der Waals surface area contributed by atoms with E-state index in [1.165, 1.54) is 19.3 Å². The van der Waals surface area contributed by atoms with Crippen molar-refractivity contribution >= 4 is 11.5 Å². The highest BCUT2D eigenvalue weighted by molar-refractivity contribution is 5.48. The van der Waals surface area contributed by atoms with Crippen molar-refractivity contribution in [3.8, 4) is 0 Å². The van der Waals surface area contributed by atoms with Crippen LogP contribution in [0.1, 0.15) is 62.4 Å². The highest BCUT2D eigenvalue weighted by atomic mass is 16.4. The maximum atomic E-state index is 5.84. The topological polar surface area (TPSA) is 75.6 Å². The average molecular weight is 381 g/mol. The van der Waals surface area contributed by atoms with E-state index in [0.717, 1.165) is 48.6 Å². The van der Waals surface area contributed by atoms with Gasteiger partial charge in [-0.1, -0.05) is 20.3 Å². The van der Waals surface area contributed by atoms with Gasteiger partial charge in [-0.15, -0.1) is 15.3 Å². The summed E-state index contributed by atoms with van der Waals surface area (Å²) in [5, 5.41) is 13.5. The van der Waals surface area contributed by atoms with Crippen LogP contribution in [0.4, 0.5) is 5.82 Å². The van der Waals surface area contributed by atoms with Gasteiger partial charge >= 0.3 is 0 Å². The molecule has 0 atom stereocenters. The summed E-state index contributed by atoms with van der Waals surface area (Å²) >= 11 is 0. The molecule has 0 bridgehead atoms. The maximum Gasteiger partial charge on any atom is 0.208 e. The van der Waals surface area contributed by atoms with Crippen molar-refractivity contribution in [3.63, 3.8) is 0 Å². The number of hydrogen-bond donors (Lipinski definition) is 0. The predicted molar refractivity (Wildman–Crippen MR) is 105 cm³/mol. The summed E-state index contributed by atoms with van der Waals surface area (Å²) in [4.78, 5) is 9.03. The molecule has 2 aliphatic rings. The molecular formula is C20H27N7O. The Morgan fingerprint density at radius 3 is 2.71 bits per heavy atom. The van der Waals surface area contributed by atoms with Gasteiger partial charge in [0.15, 0.2) is 11.5 Å². The SMILES string of the molecule is CC(C)c1cnc(CN(C)C2CN(c3ccc4nnc(C5CCC5)n4n3)C2)o1. The van der Waals surface area contributed by atoms with E-state index >= 15 is 0 Å². The fourth-order valence-electron chi connectivity index (χ4n) is 3.81. The summed E-state index contributed by atoms with van der Waals surface area (Å²) in [7, 11) is 2.13. The molecule has 2 fully saturated rings. The van der Waals surface area contributed by atoms with Crippen molar-refractivity contribution in [2.24, 2.45) is 0 Å². The third-order valence-electron chi connectivity index (χ3n) is 6.08. The molecule has 0 N–H and O–H groups in total. The first-order valence-electron chi connectivity index (χ1n) is 10.2. The molecule has 1 aliphatic carbocycles. The van der Waals surface area contributed by atoms with Gasteiger partial charge in [-0.2, -0.15) is 4.52 Å². The summed E-state index contributed by atoms with van der Waals surface area (Å²) in [6.07, 6.45) is 5.52. The second-order valence-corrected chi connectivity index (χ2v) is 8.43. The second kappa shape index (κ2) is 6.84. The van der Waals surface area contributed by atoms with Gasteiger partial charge < -0.3 is 9.32 Å². The van der Waals surface area contributed by atoms with Crippen molar-refractivity contribution < 1.29 is 4.42 Å². The van der Waals surface area contributed by atoms with E-state index < -0.39 is 0 Å². The van der Waals surface area contributed by atoms with E-state index in [4.69, 9.17) is 9.52 Å². The van der Waals surface area contributed by atoms with Crippen LogP contribution in [0.5, 0.6) is 0 Å². The van der Waals surface area contributed by atoms with Gasteiger partial charge in [0.25, 0.3) is 0 Å². The third-order valence-corrected chi connectivity index (χ3v) is 6.08. The van der Waals surface area contributed by atoms with Crippen LogP contribution in [0.2, 0.25) is 0 Å². The molecule has 1 saturated carbocycles. The number of anilines is 1. The molecule has 1 aliphatic heterocycles. The fraction of sp³-hybridized carbons (Fsp3) is 0.600. The van der Waals surface area contributed by atoms with Crippen LogP contribution in [0.15, 0.2) is 22.7 Å². The van der Waals surface area contributed by atoms with Gasteiger partial charge in [-0.25, -0.2) is 4.98 Å². The predicted octanol–water partition coefficient (Wildman–Crippen LogP) is 2.82. The molecule has 148 valence electrons. The third kappa shape index (κ3) is 3.05. The first kappa shape index (κ1) is 17.6. The Labute approximate surface area is 164 Å². The van der Waals surface area contributed by atoms with Gasteiger partial charge in [0.2, 0.25) is 5.89 Å². The molecular weight excluding hydrogens is 354 g/mol. The first-order chi connectivity index (χ1) is 13.6. The number of oxazole rings is 1. The van der Waals surface area contributed by atoms with Crippen LogP contribution in [0.25, 0.3) is 5.65 Å². The number of fused-ring (bicyclic) bond motifs is 1. The molecule has 3 aromatic heterocycles. The zero-order valence-electron chi connectivity index (χ0n) is 16.7. The number of aromatic nitrogens is 5. The van der Waals surface area contributed by atoms with Crippen LogP contribution >= 0.6 is 0 Å². The number of rotatable bonds is 6. The largest absolute Gasteiger partial charge is 0.444 e. The van der Waals surface area contributed by atoms with Crippen molar-refractivity contribution in [2.75, 3.05) is 25.0 Å². The number of likely N-dealkylation sites (N-methyl/N-ethyl adjacent to an activating group) is 1. The molecule has 0 spiro atoms. The highest BCUT2D eigenvalue weighted by Gasteiger charge is 2.32. The van der Waals surface area contributed by atoms with E-state index in [1.54, 1.807) is 0 Å². The smallest absolute Gasteiger partial charge is 0.208 e. The van der Waals surface area contributed by atoms with Crippen LogP contribution in [-0.4, -0.2) is 55.9 Å². The molecule has 28 heavy (non-hydrogen) atoms. The lowest BCUT2D eigenvalue weighted by Crippen LogP contribution is -2.58. The van der Waals surface area contributed by atoms with Gasteiger partial charge in [0.1, 0.15) is 11.6 Å². The average Bonchev–Trinajstić information content (AvgIpc) is 3.20. The Balaban J connectivity index is 1.23. The Hall–Kier alpha value is -2.48. The molecule has 0 radical (unpaired) electrons. The second-order valence-electron chi connectivity index (χ2n) is 8.43. The van der Waals surface area contributed by atoms with E-state index in [2.05, 4.69) is 45.9 Å². The van der Waals surface area contributed by atoms with Crippen molar-refractivity contribution in [1.82, 2.24) is 29.7 Å². The van der Waals surface area contributed by atoms with Crippen molar-refractivity contribution in [3.05, 3.63) is 35.8 Å². The Kier molecular flexibility index (Phi) is 4.30. The molecule has 0 amide bonds. The van der Waals surface area contributed by atoms with Gasteiger partial charge in [-0.05, 0) is 32.0 Å². The summed E-state index contributed by atoms with van der Waals surface area (Å²) in [5.74, 6) is 4.64. The van der Waals surface area contributed by atoms with Crippen molar-refractivity contribution in [2.45, 2.75) is 57.5 Å². The van der Waals surface area contributed by atoms with Crippen molar-refractivity contribution in [1.29, 1.82) is 0 Å². The standard InChI is InChI=1S/C20H27N7O/c1-13(2)16-9-21-19(28-16)12-25(3)15-10-26(11-15)18-8-7-17-22-23-20(27(17)24-18)14-5-4-6-14/h7-9,13-15H,4-6,10-12H2,1-3H3. The lowest BCUT2D eigenvalue weighted by molar-refractivity contribution is 0.179. The Morgan fingerprint density at radius 2 is 2.04 bits per heavy atom. The number of nitrogens with zero attached hydrogens (tertiary/aromatic N) is 7. The minimum atomic E-state index is 0.370. The first-order valence-corrected chi connectivity index (χ1v) is 10.2. The van der Waals surface area contributed by atoms with Crippen LogP contribution in [0, 0.1) is 0 Å². The lowest BCUT2D eigenvalue weighted by Gasteiger charge is -2.44. The summed E-state index contributed by atoms with van der Waals surface area (Å²) in [6.45, 7) is 6.87. The zero-order chi connectivity index (χ0) is 19.3. The fourth-order valence-corrected chi connectivity index (χ4v) is 3.81.